The molecule has 0 aromatic heterocycles. The zero-order chi connectivity index (χ0) is 21.8. The molecule has 3 aromatic carbocycles. The smallest absolute Gasteiger partial charge is 0.304 e. The van der Waals surface area contributed by atoms with Gasteiger partial charge in [0, 0.05) is 16.7 Å². The summed E-state index contributed by atoms with van der Waals surface area (Å²) in [5.41, 5.74) is 6.21. The minimum Gasteiger partial charge on any atom is -0.497 e. The van der Waals surface area contributed by atoms with Gasteiger partial charge >= 0.3 is 5.91 Å². The summed E-state index contributed by atoms with van der Waals surface area (Å²) in [6, 6.07) is 23.4. The second-order valence-electron chi connectivity index (χ2n) is 7.46. The van der Waals surface area contributed by atoms with Crippen LogP contribution in [0.5, 0.6) is 5.75 Å². The Kier molecular flexibility index (Phi) is 5.80. The van der Waals surface area contributed by atoms with Crippen molar-refractivity contribution in [2.24, 2.45) is 0 Å². The number of carbonyl (C=O) groups is 2. The highest BCUT2D eigenvalue weighted by atomic mass is 16.5. The van der Waals surface area contributed by atoms with E-state index in [0.29, 0.717) is 5.56 Å². The van der Waals surface area contributed by atoms with E-state index >= 15 is 0 Å². The Bertz CT molecular complexity index is 1120. The summed E-state index contributed by atoms with van der Waals surface area (Å²) >= 11 is 0. The summed E-state index contributed by atoms with van der Waals surface area (Å²) in [4.78, 5) is 25.8. The first kappa shape index (κ1) is 20.3. The van der Waals surface area contributed by atoms with Crippen molar-refractivity contribution < 1.29 is 19.0 Å². The van der Waals surface area contributed by atoms with E-state index in [-0.39, 0.29) is 11.8 Å². The van der Waals surface area contributed by atoms with E-state index in [0.717, 1.165) is 22.4 Å². The van der Waals surface area contributed by atoms with Crippen LogP contribution in [-0.2, 0) is 4.79 Å². The van der Waals surface area contributed by atoms with Gasteiger partial charge < -0.3 is 10.1 Å². The van der Waals surface area contributed by atoms with Crippen molar-refractivity contribution in [2.75, 3.05) is 7.11 Å². The van der Waals surface area contributed by atoms with Crippen molar-refractivity contribution in [3.05, 3.63) is 101 Å². The predicted molar refractivity (Wildman–Crippen MR) is 118 cm³/mol. The summed E-state index contributed by atoms with van der Waals surface area (Å²) in [6.07, 6.45) is 1.85. The Morgan fingerprint density at radius 2 is 1.77 bits per heavy atom. The zero-order valence-corrected chi connectivity index (χ0v) is 17.4. The first-order valence-electron chi connectivity index (χ1n) is 10.1. The van der Waals surface area contributed by atoms with E-state index in [1.165, 1.54) is 0 Å². The lowest BCUT2D eigenvalue weighted by Gasteiger charge is -2.15. The summed E-state index contributed by atoms with van der Waals surface area (Å²) in [7, 11) is 1.62. The van der Waals surface area contributed by atoms with Gasteiger partial charge in [0.25, 0.3) is 5.91 Å². The number of aryl methyl sites for hydroxylation is 1. The molecule has 0 bridgehead atoms. The van der Waals surface area contributed by atoms with Gasteiger partial charge in [0.15, 0.2) is 6.04 Å². The number of methoxy groups -OCH3 is 1. The fourth-order valence-corrected chi connectivity index (χ4v) is 3.69. The van der Waals surface area contributed by atoms with Gasteiger partial charge in [-0.05, 0) is 43.3 Å². The van der Waals surface area contributed by atoms with Gasteiger partial charge in [-0.25, -0.2) is 0 Å². The fourth-order valence-electron chi connectivity index (χ4n) is 3.69. The maximum Gasteiger partial charge on any atom is 0.304 e. The van der Waals surface area contributed by atoms with Crippen molar-refractivity contribution in [1.29, 1.82) is 0 Å². The molecule has 0 saturated carbocycles. The van der Waals surface area contributed by atoms with E-state index in [2.05, 4.69) is 10.7 Å². The number of amides is 2. The quantitative estimate of drug-likeness (QED) is 0.631. The van der Waals surface area contributed by atoms with Gasteiger partial charge in [-0.15, -0.1) is 10.1 Å². The number of rotatable bonds is 5. The minimum atomic E-state index is -0.745. The Morgan fingerprint density at radius 3 is 2.45 bits per heavy atom. The molecule has 0 unspecified atom stereocenters. The van der Waals surface area contributed by atoms with Crippen molar-refractivity contribution in [2.45, 2.75) is 19.0 Å². The second kappa shape index (κ2) is 8.83. The number of hydrazone groups is 1. The molecule has 1 aliphatic heterocycles. The van der Waals surface area contributed by atoms with E-state index in [9.17, 15) is 9.59 Å². The lowest BCUT2D eigenvalue weighted by atomic mass is 9.99. The van der Waals surface area contributed by atoms with Crippen molar-refractivity contribution in [3.8, 4) is 5.75 Å². The Labute approximate surface area is 181 Å². The molecular formula is C25H24N3O3+. The van der Waals surface area contributed by atoms with Gasteiger partial charge in [0.2, 0.25) is 12.3 Å². The second-order valence-corrected chi connectivity index (χ2v) is 7.46. The van der Waals surface area contributed by atoms with Crippen LogP contribution in [0.25, 0.3) is 0 Å². The molecular weight excluding hydrogens is 390 g/mol. The summed E-state index contributed by atoms with van der Waals surface area (Å²) in [6.45, 7) is 1.93. The van der Waals surface area contributed by atoms with Gasteiger partial charge in [-0.3, -0.25) is 9.59 Å². The van der Waals surface area contributed by atoms with Crippen LogP contribution in [0.3, 0.4) is 0 Å². The SMILES string of the molecule is COc1ccc(/C=[N+]2\NC(=O)[C@@H](NC(=O)c3cccc(C)c3)[C@@H]2c2ccccc2)cc1. The lowest BCUT2D eigenvalue weighted by molar-refractivity contribution is -0.596. The molecule has 0 aliphatic carbocycles. The highest BCUT2D eigenvalue weighted by molar-refractivity contribution is 5.98. The van der Waals surface area contributed by atoms with E-state index in [1.807, 2.05) is 79.9 Å². The average Bonchev–Trinajstić information content (AvgIpc) is 3.09. The van der Waals surface area contributed by atoms with Crippen LogP contribution in [0.4, 0.5) is 0 Å². The van der Waals surface area contributed by atoms with Crippen LogP contribution in [-0.4, -0.2) is 35.9 Å². The largest absolute Gasteiger partial charge is 0.497 e. The molecule has 4 rings (SSSR count). The fraction of sp³-hybridized carbons (Fsp3) is 0.160. The van der Waals surface area contributed by atoms with Crippen LogP contribution in [0.1, 0.15) is 33.1 Å². The molecule has 2 amide bonds. The van der Waals surface area contributed by atoms with Crippen LogP contribution in [0.2, 0.25) is 0 Å². The topological polar surface area (TPSA) is 70.4 Å². The Hall–Kier alpha value is -3.93. The van der Waals surface area contributed by atoms with Crippen LogP contribution < -0.4 is 15.5 Å². The number of nitrogens with zero attached hydrogens (tertiary/aromatic N) is 1. The van der Waals surface area contributed by atoms with Crippen LogP contribution >= 0.6 is 0 Å². The number of benzene rings is 3. The predicted octanol–water partition coefficient (Wildman–Crippen LogP) is 3.02. The Balaban J connectivity index is 1.67. The molecule has 1 fully saturated rings. The minimum absolute atomic E-state index is 0.264. The third kappa shape index (κ3) is 4.48. The molecule has 3 aromatic rings. The lowest BCUT2D eigenvalue weighted by Crippen LogP contribution is -2.42. The average molecular weight is 414 g/mol. The molecule has 1 heterocycles. The molecule has 156 valence electrons. The zero-order valence-electron chi connectivity index (χ0n) is 17.4. The number of hydrogen-bond donors (Lipinski definition) is 2. The molecule has 6 heteroatoms. The number of hydrogen-bond acceptors (Lipinski definition) is 3. The van der Waals surface area contributed by atoms with Gasteiger partial charge in [-0.2, -0.15) is 0 Å². The summed E-state index contributed by atoms with van der Waals surface area (Å²) in [5, 5.41) is 2.92. The molecule has 1 saturated heterocycles. The summed E-state index contributed by atoms with van der Waals surface area (Å²) in [5.74, 6) is 0.209. The van der Waals surface area contributed by atoms with Gasteiger partial charge in [0.1, 0.15) is 5.75 Å². The first-order valence-corrected chi connectivity index (χ1v) is 10.1. The number of carbonyl (C=O) groups excluding carboxylic acids is 2. The highest BCUT2D eigenvalue weighted by Gasteiger charge is 2.47. The number of ether oxygens (including phenoxy) is 1. The molecule has 2 atom stereocenters. The van der Waals surface area contributed by atoms with E-state index < -0.39 is 12.1 Å². The van der Waals surface area contributed by atoms with Crippen molar-refractivity contribution >= 4 is 18.0 Å². The molecule has 0 radical (unpaired) electrons. The highest BCUT2D eigenvalue weighted by Crippen LogP contribution is 2.25. The van der Waals surface area contributed by atoms with Crippen LogP contribution in [0.15, 0.2) is 78.9 Å². The van der Waals surface area contributed by atoms with Crippen molar-refractivity contribution in [1.82, 2.24) is 10.7 Å². The van der Waals surface area contributed by atoms with Gasteiger partial charge in [-0.1, -0.05) is 48.0 Å². The normalized spacial score (nSPS) is 19.2. The molecule has 31 heavy (non-hydrogen) atoms. The van der Waals surface area contributed by atoms with Crippen LogP contribution in [0, 0.1) is 6.92 Å². The molecule has 0 spiro atoms. The van der Waals surface area contributed by atoms with E-state index in [4.69, 9.17) is 4.74 Å². The van der Waals surface area contributed by atoms with Crippen molar-refractivity contribution in [3.63, 3.8) is 0 Å². The number of hydrazine groups is 1. The Morgan fingerprint density at radius 1 is 1.03 bits per heavy atom. The standard InChI is InChI=1S/C25H23N3O3/c1-17-7-6-10-20(15-17)24(29)26-22-23(19-8-4-3-5-9-19)28(27-25(22)30)16-18-11-13-21(31-2)14-12-18/h3-16,22-23H,1-2H3,(H-,26,27,29,30)/p+1/b28-16-/t22-,23-/m0/s1. The maximum atomic E-state index is 12.9. The maximum absolute atomic E-state index is 12.9. The number of nitrogens with one attached hydrogen (secondary N) is 2. The molecule has 2 N–H and O–H groups in total. The van der Waals surface area contributed by atoms with Gasteiger partial charge in [0.05, 0.1) is 7.11 Å². The monoisotopic (exact) mass is 414 g/mol. The molecule has 6 nitrogen and oxygen atoms in total. The molecule has 1 aliphatic rings. The third-order valence-electron chi connectivity index (χ3n) is 5.25. The third-order valence-corrected chi connectivity index (χ3v) is 5.25. The first-order chi connectivity index (χ1) is 15.0. The summed E-state index contributed by atoms with van der Waals surface area (Å²) < 4.78 is 6.96. The van der Waals surface area contributed by atoms with E-state index in [1.54, 1.807) is 23.9 Å².